The second-order valence-electron chi connectivity index (χ2n) is 8.24. The molecule has 1 unspecified atom stereocenters. The van der Waals surface area contributed by atoms with Crippen molar-refractivity contribution in [3.63, 3.8) is 0 Å². The number of carbonyl (C=O) groups excluding carboxylic acids is 3. The molecule has 0 radical (unpaired) electrons. The lowest BCUT2D eigenvalue weighted by Gasteiger charge is -2.32. The summed E-state index contributed by atoms with van der Waals surface area (Å²) in [6.45, 7) is 5.75. The Morgan fingerprint density at radius 3 is 2.65 bits per heavy atom. The molecule has 0 aromatic heterocycles. The molecule has 6 nitrogen and oxygen atoms in total. The van der Waals surface area contributed by atoms with Gasteiger partial charge in [0.15, 0.2) is 0 Å². The highest BCUT2D eigenvalue weighted by atomic mass is 35.5. The van der Waals surface area contributed by atoms with E-state index in [1.165, 1.54) is 0 Å². The first-order chi connectivity index (χ1) is 14.8. The maximum Gasteiger partial charge on any atom is 0.257 e. The number of hydrogen-bond acceptors (Lipinski definition) is 3. The molecule has 1 aliphatic heterocycles. The van der Waals surface area contributed by atoms with Gasteiger partial charge in [-0.2, -0.15) is 0 Å². The van der Waals surface area contributed by atoms with Crippen LogP contribution in [0.2, 0.25) is 5.02 Å². The molecule has 2 N–H and O–H groups in total. The third-order valence-electron chi connectivity index (χ3n) is 5.25. The summed E-state index contributed by atoms with van der Waals surface area (Å²) in [6, 6.07) is 13.6. The van der Waals surface area contributed by atoms with Gasteiger partial charge in [0, 0.05) is 30.9 Å². The Morgan fingerprint density at radius 2 is 1.90 bits per heavy atom. The number of carbonyl (C=O) groups is 3. The molecule has 1 fully saturated rings. The number of hydrogen-bond donors (Lipinski definition) is 2. The van der Waals surface area contributed by atoms with Crippen LogP contribution in [0.1, 0.15) is 47.4 Å². The fourth-order valence-corrected chi connectivity index (χ4v) is 3.80. The van der Waals surface area contributed by atoms with Crippen LogP contribution in [-0.4, -0.2) is 42.3 Å². The molecule has 2 aromatic carbocycles. The van der Waals surface area contributed by atoms with Crippen LogP contribution in [0.4, 0.5) is 5.69 Å². The molecule has 0 spiro atoms. The van der Waals surface area contributed by atoms with Gasteiger partial charge < -0.3 is 15.5 Å². The van der Waals surface area contributed by atoms with Crippen molar-refractivity contribution in [2.45, 2.75) is 26.7 Å². The molecular weight excluding hydrogens is 414 g/mol. The highest BCUT2D eigenvalue weighted by molar-refractivity contribution is 6.34. The molecule has 0 bridgehead atoms. The number of halogens is 1. The Kier molecular flexibility index (Phi) is 7.69. The second-order valence-corrected chi connectivity index (χ2v) is 8.65. The van der Waals surface area contributed by atoms with Crippen molar-refractivity contribution < 1.29 is 14.4 Å². The van der Waals surface area contributed by atoms with Crippen molar-refractivity contribution in [3.05, 3.63) is 64.7 Å². The minimum absolute atomic E-state index is 0.00644. The third-order valence-corrected chi connectivity index (χ3v) is 5.58. The van der Waals surface area contributed by atoms with Crippen LogP contribution in [0.15, 0.2) is 48.5 Å². The third kappa shape index (κ3) is 6.07. The van der Waals surface area contributed by atoms with E-state index < -0.39 is 0 Å². The van der Waals surface area contributed by atoms with Crippen molar-refractivity contribution in [2.24, 2.45) is 11.8 Å². The van der Waals surface area contributed by atoms with Gasteiger partial charge in [-0.15, -0.1) is 0 Å². The number of amides is 3. The van der Waals surface area contributed by atoms with Gasteiger partial charge in [0.2, 0.25) is 5.91 Å². The smallest absolute Gasteiger partial charge is 0.257 e. The summed E-state index contributed by atoms with van der Waals surface area (Å²) in [6.07, 6.45) is 1.57. The van der Waals surface area contributed by atoms with Gasteiger partial charge in [-0.3, -0.25) is 14.4 Å². The van der Waals surface area contributed by atoms with E-state index in [1.54, 1.807) is 53.4 Å². The van der Waals surface area contributed by atoms with Gasteiger partial charge in [-0.05, 0) is 49.1 Å². The van der Waals surface area contributed by atoms with E-state index in [0.717, 1.165) is 12.8 Å². The van der Waals surface area contributed by atoms with E-state index in [1.807, 2.05) is 0 Å². The number of nitrogens with one attached hydrogen (secondary N) is 2. The lowest BCUT2D eigenvalue weighted by Crippen LogP contribution is -2.46. The van der Waals surface area contributed by atoms with E-state index in [4.69, 9.17) is 11.6 Å². The van der Waals surface area contributed by atoms with E-state index in [2.05, 4.69) is 24.5 Å². The molecule has 1 heterocycles. The van der Waals surface area contributed by atoms with Crippen molar-refractivity contribution in [3.8, 4) is 0 Å². The SMILES string of the molecule is CC(C)CNC(=O)C1CCCN(C(=O)c2cccc(NC(=O)c3ccccc3Cl)c2)C1. The Balaban J connectivity index is 1.66. The molecule has 164 valence electrons. The van der Waals surface area contributed by atoms with E-state index in [-0.39, 0.29) is 23.6 Å². The summed E-state index contributed by atoms with van der Waals surface area (Å²) in [5.74, 6) is -0.286. The van der Waals surface area contributed by atoms with Crippen LogP contribution in [0, 0.1) is 11.8 Å². The zero-order chi connectivity index (χ0) is 22.4. The van der Waals surface area contributed by atoms with Crippen molar-refractivity contribution in [1.29, 1.82) is 0 Å². The predicted molar refractivity (Wildman–Crippen MR) is 122 cm³/mol. The second kappa shape index (κ2) is 10.4. The summed E-state index contributed by atoms with van der Waals surface area (Å²) in [7, 11) is 0. The Labute approximate surface area is 188 Å². The fourth-order valence-electron chi connectivity index (χ4n) is 3.58. The van der Waals surface area contributed by atoms with Crippen molar-refractivity contribution in [2.75, 3.05) is 25.0 Å². The van der Waals surface area contributed by atoms with E-state index in [9.17, 15) is 14.4 Å². The van der Waals surface area contributed by atoms with Gasteiger partial charge in [-0.25, -0.2) is 0 Å². The minimum atomic E-state index is -0.338. The average Bonchev–Trinajstić information content (AvgIpc) is 2.77. The molecule has 1 saturated heterocycles. The van der Waals surface area contributed by atoms with Gasteiger partial charge in [0.1, 0.15) is 0 Å². The van der Waals surface area contributed by atoms with Crippen LogP contribution in [0.5, 0.6) is 0 Å². The van der Waals surface area contributed by atoms with Crippen LogP contribution in [0.3, 0.4) is 0 Å². The van der Waals surface area contributed by atoms with Crippen LogP contribution in [-0.2, 0) is 4.79 Å². The standard InChI is InChI=1S/C24H28ClN3O3/c1-16(2)14-26-22(29)18-8-6-12-28(15-18)24(31)17-7-5-9-19(13-17)27-23(30)20-10-3-4-11-21(20)25/h3-5,7,9-11,13,16,18H,6,8,12,14-15H2,1-2H3,(H,26,29)(H,27,30). The molecule has 3 amide bonds. The number of piperidine rings is 1. The zero-order valence-corrected chi connectivity index (χ0v) is 18.6. The molecule has 2 aromatic rings. The Hall–Kier alpha value is -2.86. The summed E-state index contributed by atoms with van der Waals surface area (Å²) in [5, 5.41) is 6.12. The number of nitrogens with zero attached hydrogens (tertiary/aromatic N) is 1. The van der Waals surface area contributed by atoms with Gasteiger partial charge in [-0.1, -0.05) is 43.6 Å². The van der Waals surface area contributed by atoms with E-state index in [0.29, 0.717) is 47.4 Å². The van der Waals surface area contributed by atoms with Gasteiger partial charge >= 0.3 is 0 Å². The van der Waals surface area contributed by atoms with Crippen molar-refractivity contribution in [1.82, 2.24) is 10.2 Å². The molecule has 1 atom stereocenters. The number of likely N-dealkylation sites (tertiary alicyclic amines) is 1. The van der Waals surface area contributed by atoms with Crippen LogP contribution >= 0.6 is 11.6 Å². The lowest BCUT2D eigenvalue weighted by atomic mass is 9.96. The maximum absolute atomic E-state index is 13.1. The highest BCUT2D eigenvalue weighted by Gasteiger charge is 2.29. The first kappa shape index (κ1) is 22.8. The molecule has 0 aliphatic carbocycles. The van der Waals surface area contributed by atoms with Crippen LogP contribution < -0.4 is 10.6 Å². The fraction of sp³-hybridized carbons (Fsp3) is 0.375. The molecule has 7 heteroatoms. The maximum atomic E-state index is 13.1. The largest absolute Gasteiger partial charge is 0.356 e. The lowest BCUT2D eigenvalue weighted by molar-refractivity contribution is -0.126. The summed E-state index contributed by atoms with van der Waals surface area (Å²) >= 11 is 6.09. The zero-order valence-electron chi connectivity index (χ0n) is 17.9. The van der Waals surface area contributed by atoms with Gasteiger partial charge in [0.25, 0.3) is 11.8 Å². The van der Waals surface area contributed by atoms with Gasteiger partial charge in [0.05, 0.1) is 16.5 Å². The number of benzene rings is 2. The topological polar surface area (TPSA) is 78.5 Å². The van der Waals surface area contributed by atoms with E-state index >= 15 is 0 Å². The Morgan fingerprint density at radius 1 is 1.13 bits per heavy atom. The molecular formula is C24H28ClN3O3. The van der Waals surface area contributed by atoms with Crippen molar-refractivity contribution >= 4 is 35.0 Å². The molecule has 0 saturated carbocycles. The summed E-state index contributed by atoms with van der Waals surface area (Å²) in [4.78, 5) is 39.7. The Bertz CT molecular complexity index is 961. The monoisotopic (exact) mass is 441 g/mol. The predicted octanol–water partition coefficient (Wildman–Crippen LogP) is 4.22. The average molecular weight is 442 g/mol. The highest BCUT2D eigenvalue weighted by Crippen LogP contribution is 2.21. The number of anilines is 1. The first-order valence-electron chi connectivity index (χ1n) is 10.6. The van der Waals surface area contributed by atoms with Crippen LogP contribution in [0.25, 0.3) is 0 Å². The normalized spacial score (nSPS) is 16.1. The minimum Gasteiger partial charge on any atom is -0.356 e. The molecule has 1 aliphatic rings. The summed E-state index contributed by atoms with van der Waals surface area (Å²) < 4.78 is 0. The number of rotatable bonds is 6. The first-order valence-corrected chi connectivity index (χ1v) is 11.0. The quantitative estimate of drug-likeness (QED) is 0.704. The molecule has 3 rings (SSSR count). The summed E-state index contributed by atoms with van der Waals surface area (Å²) in [5.41, 5.74) is 1.35. The molecule has 31 heavy (non-hydrogen) atoms.